The topological polar surface area (TPSA) is 69.8 Å². The Morgan fingerprint density at radius 1 is 1.19 bits per heavy atom. The van der Waals surface area contributed by atoms with Crippen molar-refractivity contribution in [2.45, 2.75) is 62.5 Å². The van der Waals surface area contributed by atoms with Crippen LogP contribution < -0.4 is 16.2 Å². The third kappa shape index (κ3) is 4.07. The maximum Gasteiger partial charge on any atom is 0.259 e. The van der Waals surface area contributed by atoms with Gasteiger partial charge in [-0.3, -0.25) is 4.79 Å². The van der Waals surface area contributed by atoms with Crippen molar-refractivity contribution in [1.29, 1.82) is 0 Å². The molecular weight excluding hydrogens is 344 g/mol. The fourth-order valence-corrected chi connectivity index (χ4v) is 5.23. The summed E-state index contributed by atoms with van der Waals surface area (Å²) in [6.45, 7) is 4.19. The zero-order valence-electron chi connectivity index (χ0n) is 15.4. The van der Waals surface area contributed by atoms with Crippen LogP contribution in [0.25, 0.3) is 10.9 Å². The highest BCUT2D eigenvalue weighted by atomic mass is 32.2. The minimum atomic E-state index is -0.0131. The summed E-state index contributed by atoms with van der Waals surface area (Å²) in [4.78, 5) is 20.4. The number of aromatic nitrogens is 2. The third-order valence-electron chi connectivity index (χ3n) is 5.52. The number of aromatic amines is 1. The number of nitrogens with zero attached hydrogens (tertiary/aromatic N) is 1. The Hall–Kier alpha value is -1.53. The number of thioether (sulfide) groups is 1. The van der Waals surface area contributed by atoms with Gasteiger partial charge in [-0.05, 0) is 63.4 Å². The third-order valence-corrected chi connectivity index (χ3v) is 6.91. The van der Waals surface area contributed by atoms with Gasteiger partial charge in [0.2, 0.25) is 0 Å². The predicted octanol–water partition coefficient (Wildman–Crippen LogP) is 3.57. The standard InChI is InChI=1S/C20H28N4OS/c1-13-10-15(22-14-4-2-3-5-14)11-17-19(13)20(25)24-18(23-17)12-26-16-6-8-21-9-7-16/h10-11,14,16,21-22H,2-9,12H2,1H3,(H,23,24,25). The summed E-state index contributed by atoms with van der Waals surface area (Å²) in [5, 5.41) is 8.41. The molecule has 0 spiro atoms. The summed E-state index contributed by atoms with van der Waals surface area (Å²) in [7, 11) is 0. The van der Waals surface area contributed by atoms with Gasteiger partial charge in [-0.2, -0.15) is 11.8 Å². The summed E-state index contributed by atoms with van der Waals surface area (Å²) < 4.78 is 0. The molecule has 0 bridgehead atoms. The number of fused-ring (bicyclic) bond motifs is 1. The number of aryl methyl sites for hydroxylation is 1. The van der Waals surface area contributed by atoms with E-state index in [2.05, 4.69) is 27.8 Å². The summed E-state index contributed by atoms with van der Waals surface area (Å²) in [6.07, 6.45) is 7.46. The van der Waals surface area contributed by atoms with Gasteiger partial charge in [-0.25, -0.2) is 4.98 Å². The van der Waals surface area contributed by atoms with Crippen molar-refractivity contribution in [3.8, 4) is 0 Å². The van der Waals surface area contributed by atoms with Crippen molar-refractivity contribution in [3.05, 3.63) is 33.9 Å². The Morgan fingerprint density at radius 2 is 1.96 bits per heavy atom. The van der Waals surface area contributed by atoms with Crippen LogP contribution in [0.5, 0.6) is 0 Å². The first-order valence-corrected chi connectivity index (χ1v) is 10.9. The highest BCUT2D eigenvalue weighted by molar-refractivity contribution is 7.99. The van der Waals surface area contributed by atoms with E-state index in [-0.39, 0.29) is 5.56 Å². The molecule has 4 rings (SSSR count). The van der Waals surface area contributed by atoms with Gasteiger partial charge < -0.3 is 15.6 Å². The van der Waals surface area contributed by atoms with Crippen LogP contribution in [-0.4, -0.2) is 34.3 Å². The molecule has 1 aliphatic heterocycles. The van der Waals surface area contributed by atoms with E-state index in [9.17, 15) is 4.79 Å². The van der Waals surface area contributed by atoms with Crippen LogP contribution in [0.4, 0.5) is 5.69 Å². The molecule has 2 heterocycles. The lowest BCUT2D eigenvalue weighted by molar-refractivity contribution is 0.531. The lowest BCUT2D eigenvalue weighted by Gasteiger charge is -2.21. The molecule has 140 valence electrons. The molecule has 1 saturated carbocycles. The van der Waals surface area contributed by atoms with E-state index in [1.54, 1.807) is 0 Å². The second kappa shape index (κ2) is 8.01. The first kappa shape index (κ1) is 17.9. The Bertz CT molecular complexity index is 822. The summed E-state index contributed by atoms with van der Waals surface area (Å²) >= 11 is 1.91. The van der Waals surface area contributed by atoms with E-state index in [1.807, 2.05) is 18.7 Å². The predicted molar refractivity (Wildman–Crippen MR) is 110 cm³/mol. The number of anilines is 1. The monoisotopic (exact) mass is 372 g/mol. The summed E-state index contributed by atoms with van der Waals surface area (Å²) in [5.41, 5.74) is 2.89. The molecule has 1 aromatic carbocycles. The molecule has 0 atom stereocenters. The van der Waals surface area contributed by atoms with Crippen LogP contribution in [0, 0.1) is 6.92 Å². The minimum absolute atomic E-state index is 0.0131. The number of benzene rings is 1. The molecule has 0 unspecified atom stereocenters. The highest BCUT2D eigenvalue weighted by Gasteiger charge is 2.17. The summed E-state index contributed by atoms with van der Waals surface area (Å²) in [6, 6.07) is 4.69. The minimum Gasteiger partial charge on any atom is -0.382 e. The lowest BCUT2D eigenvalue weighted by Crippen LogP contribution is -2.29. The fourth-order valence-electron chi connectivity index (χ4n) is 4.14. The van der Waals surface area contributed by atoms with Crippen molar-refractivity contribution in [2.24, 2.45) is 0 Å². The molecule has 0 amide bonds. The maximum atomic E-state index is 12.6. The van der Waals surface area contributed by atoms with Gasteiger partial charge in [0.25, 0.3) is 5.56 Å². The molecular formula is C20H28N4OS. The van der Waals surface area contributed by atoms with E-state index < -0.39 is 0 Å². The lowest BCUT2D eigenvalue weighted by atomic mass is 10.1. The number of nitrogens with one attached hydrogen (secondary N) is 3. The van der Waals surface area contributed by atoms with Crippen LogP contribution in [0.15, 0.2) is 16.9 Å². The zero-order chi connectivity index (χ0) is 17.9. The Morgan fingerprint density at radius 3 is 2.73 bits per heavy atom. The van der Waals surface area contributed by atoms with Crippen molar-refractivity contribution < 1.29 is 0 Å². The van der Waals surface area contributed by atoms with E-state index in [4.69, 9.17) is 4.98 Å². The maximum absolute atomic E-state index is 12.6. The zero-order valence-corrected chi connectivity index (χ0v) is 16.3. The first-order valence-electron chi connectivity index (χ1n) is 9.81. The first-order chi connectivity index (χ1) is 12.7. The molecule has 1 saturated heterocycles. The molecule has 0 radical (unpaired) electrons. The molecule has 6 heteroatoms. The SMILES string of the molecule is Cc1cc(NC2CCCC2)cc2nc(CSC3CCNCC3)[nH]c(=O)c12. The number of piperidine rings is 1. The van der Waals surface area contributed by atoms with Gasteiger partial charge in [0, 0.05) is 17.0 Å². The van der Waals surface area contributed by atoms with Crippen molar-refractivity contribution in [2.75, 3.05) is 18.4 Å². The van der Waals surface area contributed by atoms with Gasteiger partial charge in [0.15, 0.2) is 0 Å². The number of hydrogen-bond acceptors (Lipinski definition) is 5. The molecule has 5 nitrogen and oxygen atoms in total. The van der Waals surface area contributed by atoms with Gasteiger partial charge in [0.05, 0.1) is 16.7 Å². The molecule has 1 aliphatic carbocycles. The van der Waals surface area contributed by atoms with Crippen LogP contribution in [0.2, 0.25) is 0 Å². The van der Waals surface area contributed by atoms with E-state index in [1.165, 1.54) is 38.5 Å². The molecule has 2 fully saturated rings. The fraction of sp³-hybridized carbons (Fsp3) is 0.600. The quantitative estimate of drug-likeness (QED) is 0.748. The second-order valence-corrected chi connectivity index (χ2v) is 8.87. The van der Waals surface area contributed by atoms with E-state index >= 15 is 0 Å². The second-order valence-electron chi connectivity index (χ2n) is 7.59. The molecule has 1 aromatic heterocycles. The van der Waals surface area contributed by atoms with Gasteiger partial charge in [-0.15, -0.1) is 0 Å². The normalized spacial score (nSPS) is 19.3. The highest BCUT2D eigenvalue weighted by Crippen LogP contribution is 2.26. The number of H-pyrrole nitrogens is 1. The summed E-state index contributed by atoms with van der Waals surface area (Å²) in [5.74, 6) is 1.57. The average Bonchev–Trinajstić information content (AvgIpc) is 3.13. The van der Waals surface area contributed by atoms with Crippen LogP contribution >= 0.6 is 11.8 Å². The van der Waals surface area contributed by atoms with E-state index in [0.29, 0.717) is 11.3 Å². The molecule has 2 aromatic rings. The molecule has 3 N–H and O–H groups in total. The van der Waals surface area contributed by atoms with Gasteiger partial charge in [0.1, 0.15) is 5.82 Å². The van der Waals surface area contributed by atoms with Crippen molar-refractivity contribution >= 4 is 28.4 Å². The van der Waals surface area contributed by atoms with Crippen LogP contribution in [0.1, 0.15) is 49.9 Å². The number of hydrogen-bond donors (Lipinski definition) is 3. The van der Waals surface area contributed by atoms with Crippen molar-refractivity contribution in [1.82, 2.24) is 15.3 Å². The van der Waals surface area contributed by atoms with Gasteiger partial charge in [-0.1, -0.05) is 12.8 Å². The Labute approximate surface area is 158 Å². The Kier molecular flexibility index (Phi) is 5.50. The average molecular weight is 373 g/mol. The van der Waals surface area contributed by atoms with Crippen LogP contribution in [-0.2, 0) is 5.75 Å². The largest absolute Gasteiger partial charge is 0.382 e. The number of rotatable bonds is 5. The Balaban J connectivity index is 1.55. The van der Waals surface area contributed by atoms with Crippen molar-refractivity contribution in [3.63, 3.8) is 0 Å². The molecule has 2 aliphatic rings. The smallest absolute Gasteiger partial charge is 0.259 e. The van der Waals surface area contributed by atoms with Crippen LogP contribution in [0.3, 0.4) is 0 Å². The van der Waals surface area contributed by atoms with Gasteiger partial charge >= 0.3 is 0 Å². The van der Waals surface area contributed by atoms with E-state index in [0.717, 1.165) is 46.8 Å². The molecule has 26 heavy (non-hydrogen) atoms.